The molecule has 0 amide bonds. The van der Waals surface area contributed by atoms with Crippen LogP contribution < -0.4 is 0 Å². The minimum Gasteiger partial charge on any atom is -0.463 e. The van der Waals surface area contributed by atoms with Crippen molar-refractivity contribution in [2.24, 2.45) is 0 Å². The second kappa shape index (κ2) is 7.46. The van der Waals surface area contributed by atoms with Crippen molar-refractivity contribution >= 4 is 13.1 Å². The molecule has 0 spiro atoms. The van der Waals surface area contributed by atoms with Gasteiger partial charge in [0.15, 0.2) is 0 Å². The van der Waals surface area contributed by atoms with E-state index < -0.39 is 0 Å². The van der Waals surface area contributed by atoms with Gasteiger partial charge in [0.05, 0.1) is 17.8 Å². The minimum absolute atomic E-state index is 0.221. The molecule has 0 aliphatic carbocycles. The zero-order chi connectivity index (χ0) is 16.1. The lowest BCUT2D eigenvalue weighted by Crippen LogP contribution is -2.41. The first-order valence-electron chi connectivity index (χ1n) is 7.92. The van der Waals surface area contributed by atoms with Crippen LogP contribution in [0.1, 0.15) is 60.8 Å². The first kappa shape index (κ1) is 18.2. The fraction of sp³-hybridized carbons (Fsp3) is 0.812. The van der Waals surface area contributed by atoms with E-state index in [1.807, 2.05) is 6.08 Å². The lowest BCUT2D eigenvalue weighted by atomic mass is 9.67. The summed E-state index contributed by atoms with van der Waals surface area (Å²) in [7, 11) is -0.221. The van der Waals surface area contributed by atoms with Gasteiger partial charge in [-0.3, -0.25) is 0 Å². The van der Waals surface area contributed by atoms with Gasteiger partial charge >= 0.3 is 13.1 Å². The monoisotopic (exact) mass is 296 g/mol. The van der Waals surface area contributed by atoms with Gasteiger partial charge in [-0.1, -0.05) is 25.8 Å². The number of esters is 1. The molecule has 4 nitrogen and oxygen atoms in total. The molecule has 1 atom stereocenters. The third-order valence-corrected chi connectivity index (χ3v) is 4.30. The lowest BCUT2D eigenvalue weighted by molar-refractivity contribution is -0.137. The number of hydrogen-bond donors (Lipinski definition) is 0. The highest BCUT2D eigenvalue weighted by Crippen LogP contribution is 2.42. The van der Waals surface area contributed by atoms with Crippen LogP contribution in [0.5, 0.6) is 0 Å². The molecule has 0 bridgehead atoms. The average molecular weight is 296 g/mol. The lowest BCUT2D eigenvalue weighted by Gasteiger charge is -2.32. The summed E-state index contributed by atoms with van der Waals surface area (Å²) >= 11 is 0. The summed E-state index contributed by atoms with van der Waals surface area (Å²) in [5.41, 5.74) is -0.622. The van der Waals surface area contributed by atoms with Gasteiger partial charge in [-0.15, -0.1) is 0 Å². The van der Waals surface area contributed by atoms with E-state index in [1.54, 1.807) is 6.92 Å². The molecule has 1 saturated heterocycles. The summed E-state index contributed by atoms with van der Waals surface area (Å²) in [6.45, 7) is 12.6. The molecule has 0 aromatic heterocycles. The Morgan fingerprint density at radius 1 is 1.19 bits per heavy atom. The van der Waals surface area contributed by atoms with Gasteiger partial charge in [-0.25, -0.2) is 4.79 Å². The Balaban J connectivity index is 2.64. The zero-order valence-electron chi connectivity index (χ0n) is 14.3. The van der Waals surface area contributed by atoms with Gasteiger partial charge in [0.25, 0.3) is 0 Å². The van der Waals surface area contributed by atoms with Crippen molar-refractivity contribution in [3.8, 4) is 0 Å². The average Bonchev–Trinajstić information content (AvgIpc) is 2.57. The number of carbonyl (C=O) groups is 1. The smallest absolute Gasteiger partial charge is 0.461 e. The van der Waals surface area contributed by atoms with Crippen molar-refractivity contribution in [1.82, 2.24) is 0 Å². The van der Waals surface area contributed by atoms with Gasteiger partial charge in [0.1, 0.15) is 0 Å². The van der Waals surface area contributed by atoms with Crippen LogP contribution in [0.25, 0.3) is 0 Å². The van der Waals surface area contributed by atoms with Gasteiger partial charge in [-0.2, -0.15) is 0 Å². The zero-order valence-corrected chi connectivity index (χ0v) is 14.3. The van der Waals surface area contributed by atoms with Crippen molar-refractivity contribution in [2.75, 3.05) is 6.61 Å². The van der Waals surface area contributed by atoms with Crippen LogP contribution in [0.4, 0.5) is 0 Å². The molecule has 0 N–H and O–H groups in total. The van der Waals surface area contributed by atoms with Crippen molar-refractivity contribution in [3.05, 3.63) is 12.2 Å². The molecule has 21 heavy (non-hydrogen) atoms. The molecule has 1 heterocycles. The molecule has 5 heteroatoms. The van der Waals surface area contributed by atoms with Crippen molar-refractivity contribution in [2.45, 2.75) is 77.8 Å². The number of allylic oxidation sites excluding steroid dienone is 1. The molecular formula is C16H29BO4. The quantitative estimate of drug-likeness (QED) is 0.407. The molecule has 0 unspecified atom stereocenters. The Labute approximate surface area is 129 Å². The fourth-order valence-electron chi connectivity index (χ4n) is 2.35. The van der Waals surface area contributed by atoms with E-state index in [4.69, 9.17) is 14.0 Å². The van der Waals surface area contributed by atoms with E-state index in [-0.39, 0.29) is 30.1 Å². The molecular weight excluding hydrogens is 267 g/mol. The van der Waals surface area contributed by atoms with Crippen LogP contribution in [0.15, 0.2) is 12.2 Å². The maximum Gasteiger partial charge on any atom is 0.461 e. The first-order valence-corrected chi connectivity index (χ1v) is 7.92. The molecule has 1 fully saturated rings. The second-order valence-corrected chi connectivity index (χ2v) is 6.56. The van der Waals surface area contributed by atoms with Crippen LogP contribution in [0.2, 0.25) is 5.82 Å². The first-order chi connectivity index (χ1) is 9.73. The number of carbonyl (C=O) groups excluding carboxylic acids is 1. The Bertz CT molecular complexity index is 360. The van der Waals surface area contributed by atoms with Crippen LogP contribution in [-0.2, 0) is 18.8 Å². The molecule has 0 radical (unpaired) electrons. The largest absolute Gasteiger partial charge is 0.463 e. The summed E-state index contributed by atoms with van der Waals surface area (Å²) in [5.74, 6) is -0.0385. The minimum atomic E-state index is -0.311. The molecule has 1 aliphatic rings. The Hall–Kier alpha value is -0.805. The van der Waals surface area contributed by atoms with Gasteiger partial charge in [-0.05, 0) is 46.9 Å². The predicted molar refractivity (Wildman–Crippen MR) is 85.1 cm³/mol. The standard InChI is InChI=1S/C16H29BO4/c1-7-10-13(11-9-12-14(18)19-8-2)17-20-15(3,4)16(5,6)21-17/h9,12-13H,7-8,10-11H2,1-6H3/b12-9+/t13-/m1/s1. The van der Waals surface area contributed by atoms with Crippen LogP contribution >= 0.6 is 0 Å². The molecule has 120 valence electrons. The summed E-state index contributed by atoms with van der Waals surface area (Å²) in [6.07, 6.45) is 6.18. The third kappa shape index (κ3) is 4.85. The normalized spacial score (nSPS) is 21.7. The van der Waals surface area contributed by atoms with Crippen molar-refractivity contribution < 1.29 is 18.8 Å². The number of hydrogen-bond acceptors (Lipinski definition) is 4. The maximum absolute atomic E-state index is 11.3. The van der Waals surface area contributed by atoms with Crippen molar-refractivity contribution in [3.63, 3.8) is 0 Å². The Kier molecular flexibility index (Phi) is 6.48. The van der Waals surface area contributed by atoms with E-state index >= 15 is 0 Å². The van der Waals surface area contributed by atoms with E-state index in [1.165, 1.54) is 6.08 Å². The molecule has 1 rings (SSSR count). The Morgan fingerprint density at radius 2 is 1.76 bits per heavy atom. The SMILES string of the molecule is CCC[C@H](C/C=C/C(=O)OCC)B1OC(C)(C)C(C)(C)O1. The highest BCUT2D eigenvalue weighted by atomic mass is 16.7. The van der Waals surface area contributed by atoms with Crippen LogP contribution in [-0.4, -0.2) is 30.9 Å². The second-order valence-electron chi connectivity index (χ2n) is 6.56. The Morgan fingerprint density at radius 3 is 2.24 bits per heavy atom. The fourth-order valence-corrected chi connectivity index (χ4v) is 2.35. The summed E-state index contributed by atoms with van der Waals surface area (Å²) in [6, 6.07) is 0. The summed E-state index contributed by atoms with van der Waals surface area (Å²) < 4.78 is 17.1. The van der Waals surface area contributed by atoms with E-state index in [0.717, 1.165) is 19.3 Å². The van der Waals surface area contributed by atoms with Crippen molar-refractivity contribution in [1.29, 1.82) is 0 Å². The molecule has 1 aliphatic heterocycles. The summed E-state index contributed by atoms with van der Waals surface area (Å²) in [5, 5.41) is 0. The maximum atomic E-state index is 11.3. The summed E-state index contributed by atoms with van der Waals surface area (Å²) in [4.78, 5) is 11.3. The van der Waals surface area contributed by atoms with Gasteiger partial charge in [0.2, 0.25) is 0 Å². The predicted octanol–water partition coefficient (Wildman–Crippen LogP) is 3.76. The third-order valence-electron chi connectivity index (χ3n) is 4.30. The van der Waals surface area contributed by atoms with Crippen LogP contribution in [0, 0.1) is 0 Å². The highest BCUT2D eigenvalue weighted by Gasteiger charge is 2.53. The highest BCUT2D eigenvalue weighted by molar-refractivity contribution is 6.47. The van der Waals surface area contributed by atoms with Gasteiger partial charge in [0, 0.05) is 6.08 Å². The molecule has 0 saturated carbocycles. The van der Waals surface area contributed by atoms with Gasteiger partial charge < -0.3 is 14.0 Å². The van der Waals surface area contributed by atoms with Crippen LogP contribution in [0.3, 0.4) is 0 Å². The van der Waals surface area contributed by atoms with E-state index in [0.29, 0.717) is 6.61 Å². The number of ether oxygens (including phenoxy) is 1. The topological polar surface area (TPSA) is 44.8 Å². The number of rotatable bonds is 7. The van der Waals surface area contributed by atoms with E-state index in [2.05, 4.69) is 34.6 Å². The molecule has 0 aromatic carbocycles. The molecule has 0 aromatic rings. The van der Waals surface area contributed by atoms with E-state index in [9.17, 15) is 4.79 Å².